The van der Waals surface area contributed by atoms with Gasteiger partial charge < -0.3 is 10.1 Å². The third-order valence-electron chi connectivity index (χ3n) is 4.92. The Labute approximate surface area is 179 Å². The lowest BCUT2D eigenvalue weighted by molar-refractivity contribution is -0.120. The van der Waals surface area contributed by atoms with Gasteiger partial charge in [-0.1, -0.05) is 35.9 Å². The predicted molar refractivity (Wildman–Crippen MR) is 118 cm³/mol. The van der Waals surface area contributed by atoms with E-state index in [1.807, 2.05) is 38.1 Å². The largest absolute Gasteiger partial charge is 0.494 e. The van der Waals surface area contributed by atoms with Crippen molar-refractivity contribution < 1.29 is 18.7 Å². The maximum atomic E-state index is 13.5. The van der Waals surface area contributed by atoms with Crippen molar-refractivity contribution in [2.24, 2.45) is 0 Å². The van der Waals surface area contributed by atoms with E-state index in [-0.39, 0.29) is 11.3 Å². The highest BCUT2D eigenvalue weighted by molar-refractivity contribution is 6.46. The molecule has 0 saturated heterocycles. The molecule has 156 valence electrons. The average molecular weight is 416 g/mol. The Bertz CT molecular complexity index is 1170. The number of ether oxygens (including phenoxy) is 1. The predicted octanol–water partition coefficient (Wildman–Crippen LogP) is 4.93. The molecule has 0 bridgehead atoms. The topological polar surface area (TPSA) is 58.6 Å². The summed E-state index contributed by atoms with van der Waals surface area (Å²) >= 11 is 0. The van der Waals surface area contributed by atoms with Crippen LogP contribution >= 0.6 is 0 Å². The second kappa shape index (κ2) is 8.44. The van der Waals surface area contributed by atoms with Crippen molar-refractivity contribution in [1.82, 2.24) is 0 Å². The SMILES string of the molecule is CCOc1cccc(N2C(=O)C(Nc3ccc(C)cc3)=C(c3ccc(F)cc3)C2=O)c1. The quantitative estimate of drug-likeness (QED) is 0.579. The zero-order valence-corrected chi connectivity index (χ0v) is 17.2. The average Bonchev–Trinajstić information content (AvgIpc) is 3.00. The van der Waals surface area contributed by atoms with Crippen LogP contribution in [0.5, 0.6) is 5.75 Å². The molecule has 1 aliphatic rings. The third kappa shape index (κ3) is 4.05. The molecule has 0 atom stereocenters. The van der Waals surface area contributed by atoms with Crippen LogP contribution in [0.15, 0.2) is 78.5 Å². The maximum absolute atomic E-state index is 13.5. The lowest BCUT2D eigenvalue weighted by atomic mass is 10.0. The van der Waals surface area contributed by atoms with Crippen LogP contribution in [0.2, 0.25) is 0 Å². The van der Waals surface area contributed by atoms with Crippen LogP contribution in [-0.4, -0.2) is 18.4 Å². The van der Waals surface area contributed by atoms with E-state index in [1.165, 1.54) is 24.3 Å². The summed E-state index contributed by atoms with van der Waals surface area (Å²) in [5.41, 5.74) is 2.93. The number of nitrogens with zero attached hydrogens (tertiary/aromatic N) is 1. The zero-order chi connectivity index (χ0) is 22.0. The molecular formula is C25H21FN2O3. The molecule has 1 heterocycles. The normalized spacial score (nSPS) is 13.7. The number of imide groups is 1. The van der Waals surface area contributed by atoms with Gasteiger partial charge in [0.2, 0.25) is 0 Å². The van der Waals surface area contributed by atoms with E-state index in [9.17, 15) is 14.0 Å². The van der Waals surface area contributed by atoms with Gasteiger partial charge in [-0.2, -0.15) is 0 Å². The van der Waals surface area contributed by atoms with Crippen molar-refractivity contribution in [2.75, 3.05) is 16.8 Å². The van der Waals surface area contributed by atoms with Crippen molar-refractivity contribution >= 4 is 28.8 Å². The van der Waals surface area contributed by atoms with Crippen molar-refractivity contribution in [1.29, 1.82) is 0 Å². The minimum Gasteiger partial charge on any atom is -0.494 e. The number of rotatable bonds is 6. The molecule has 6 heteroatoms. The minimum atomic E-state index is -0.487. The molecule has 0 fully saturated rings. The van der Waals surface area contributed by atoms with E-state index in [1.54, 1.807) is 24.3 Å². The molecule has 1 N–H and O–H groups in total. The van der Waals surface area contributed by atoms with Crippen LogP contribution in [0.1, 0.15) is 18.1 Å². The Morgan fingerprint density at radius 2 is 1.65 bits per heavy atom. The summed E-state index contributed by atoms with van der Waals surface area (Å²) in [6.45, 7) is 4.28. The van der Waals surface area contributed by atoms with Gasteiger partial charge in [-0.25, -0.2) is 9.29 Å². The molecule has 0 saturated carbocycles. The Morgan fingerprint density at radius 3 is 2.32 bits per heavy atom. The number of aryl methyl sites for hydroxylation is 1. The van der Waals surface area contributed by atoms with Gasteiger partial charge in [0, 0.05) is 11.8 Å². The van der Waals surface area contributed by atoms with Gasteiger partial charge in [-0.3, -0.25) is 9.59 Å². The molecule has 0 spiro atoms. The summed E-state index contributed by atoms with van der Waals surface area (Å²) in [4.78, 5) is 27.9. The number of hydrogen-bond acceptors (Lipinski definition) is 4. The van der Waals surface area contributed by atoms with Gasteiger partial charge in [0.25, 0.3) is 11.8 Å². The van der Waals surface area contributed by atoms with Gasteiger partial charge in [-0.15, -0.1) is 0 Å². The summed E-state index contributed by atoms with van der Waals surface area (Å²) in [6, 6.07) is 19.8. The highest BCUT2D eigenvalue weighted by atomic mass is 19.1. The molecule has 0 radical (unpaired) electrons. The number of anilines is 2. The van der Waals surface area contributed by atoms with E-state index >= 15 is 0 Å². The van der Waals surface area contributed by atoms with E-state index in [0.29, 0.717) is 29.3 Å². The number of carbonyl (C=O) groups is 2. The van der Waals surface area contributed by atoms with Crippen LogP contribution in [0.3, 0.4) is 0 Å². The minimum absolute atomic E-state index is 0.141. The van der Waals surface area contributed by atoms with Gasteiger partial charge in [0.15, 0.2) is 0 Å². The lowest BCUT2D eigenvalue weighted by Gasteiger charge is -2.16. The fraction of sp³-hybridized carbons (Fsp3) is 0.120. The molecule has 0 aromatic heterocycles. The lowest BCUT2D eigenvalue weighted by Crippen LogP contribution is -2.32. The molecular weight excluding hydrogens is 395 g/mol. The number of benzene rings is 3. The Morgan fingerprint density at radius 1 is 0.935 bits per heavy atom. The van der Waals surface area contributed by atoms with Crippen LogP contribution in [0.4, 0.5) is 15.8 Å². The molecule has 2 amide bonds. The summed E-state index contributed by atoms with van der Waals surface area (Å²) in [5.74, 6) is -0.835. The molecule has 5 nitrogen and oxygen atoms in total. The summed E-state index contributed by atoms with van der Waals surface area (Å²) in [5, 5.41) is 3.09. The molecule has 3 aromatic carbocycles. The number of halogens is 1. The van der Waals surface area contributed by atoms with Crippen molar-refractivity contribution in [3.8, 4) is 5.75 Å². The molecule has 31 heavy (non-hydrogen) atoms. The molecule has 3 aromatic rings. The Kier molecular flexibility index (Phi) is 5.54. The zero-order valence-electron chi connectivity index (χ0n) is 17.2. The van der Waals surface area contributed by atoms with Crippen LogP contribution in [-0.2, 0) is 9.59 Å². The fourth-order valence-corrected chi connectivity index (χ4v) is 3.42. The molecule has 4 rings (SSSR count). The van der Waals surface area contributed by atoms with E-state index < -0.39 is 17.6 Å². The number of hydrogen-bond donors (Lipinski definition) is 1. The second-order valence-electron chi connectivity index (χ2n) is 7.12. The fourth-order valence-electron chi connectivity index (χ4n) is 3.42. The monoisotopic (exact) mass is 416 g/mol. The first-order valence-corrected chi connectivity index (χ1v) is 9.93. The smallest absolute Gasteiger partial charge is 0.282 e. The number of nitrogens with one attached hydrogen (secondary N) is 1. The van der Waals surface area contributed by atoms with Crippen LogP contribution in [0.25, 0.3) is 5.57 Å². The first kappa shape index (κ1) is 20.3. The number of amides is 2. The molecule has 0 unspecified atom stereocenters. The van der Waals surface area contributed by atoms with Crippen molar-refractivity contribution in [2.45, 2.75) is 13.8 Å². The van der Waals surface area contributed by atoms with E-state index in [0.717, 1.165) is 10.5 Å². The van der Waals surface area contributed by atoms with E-state index in [2.05, 4.69) is 5.32 Å². The maximum Gasteiger partial charge on any atom is 0.282 e. The first-order valence-electron chi connectivity index (χ1n) is 9.93. The highest BCUT2D eigenvalue weighted by Crippen LogP contribution is 2.35. The molecule has 1 aliphatic heterocycles. The van der Waals surface area contributed by atoms with Gasteiger partial charge in [0.1, 0.15) is 17.3 Å². The summed E-state index contributed by atoms with van der Waals surface area (Å²) < 4.78 is 19.0. The standard InChI is InChI=1S/C25H21FN2O3/c1-3-31-21-6-4-5-20(15-21)28-24(29)22(17-9-11-18(26)12-10-17)23(25(28)30)27-19-13-7-16(2)8-14-19/h4-15,27H,3H2,1-2H3. The highest BCUT2D eigenvalue weighted by Gasteiger charge is 2.40. The van der Waals surface area contributed by atoms with Crippen LogP contribution < -0.4 is 15.0 Å². The van der Waals surface area contributed by atoms with E-state index in [4.69, 9.17) is 4.74 Å². The second-order valence-corrected chi connectivity index (χ2v) is 7.12. The van der Waals surface area contributed by atoms with Gasteiger partial charge in [0.05, 0.1) is 17.9 Å². The number of carbonyl (C=O) groups excluding carboxylic acids is 2. The van der Waals surface area contributed by atoms with Crippen molar-refractivity contribution in [3.05, 3.63) is 95.4 Å². The summed E-state index contributed by atoms with van der Waals surface area (Å²) in [7, 11) is 0. The Balaban J connectivity index is 1.79. The first-order chi connectivity index (χ1) is 15.0. The Hall–Kier alpha value is -3.93. The third-order valence-corrected chi connectivity index (χ3v) is 4.92. The van der Waals surface area contributed by atoms with Gasteiger partial charge >= 0.3 is 0 Å². The van der Waals surface area contributed by atoms with Gasteiger partial charge in [-0.05, 0) is 55.8 Å². The van der Waals surface area contributed by atoms with Crippen molar-refractivity contribution in [3.63, 3.8) is 0 Å². The molecule has 0 aliphatic carbocycles. The summed E-state index contributed by atoms with van der Waals surface area (Å²) in [6.07, 6.45) is 0. The van der Waals surface area contributed by atoms with Crippen LogP contribution in [0, 0.1) is 12.7 Å².